The minimum absolute atomic E-state index is 0.338. The van der Waals surface area contributed by atoms with Gasteiger partial charge in [-0.3, -0.25) is 0 Å². The standard InChI is InChI=1S/C15H14ClN3O3S2/c1-6-10-12(16)17-15(18-13(10)24-11(6)14(20)21-4)23-5-9-7(2)19-22-8(9)3/h5H2,1-4H3. The summed E-state index contributed by atoms with van der Waals surface area (Å²) in [5.74, 6) is 1.03. The van der Waals surface area contributed by atoms with E-state index >= 15 is 0 Å². The van der Waals surface area contributed by atoms with E-state index in [4.69, 9.17) is 20.9 Å². The fraction of sp³-hybridized carbons (Fsp3) is 0.333. The number of carbonyl (C=O) groups is 1. The Morgan fingerprint density at radius 2 is 2.08 bits per heavy atom. The third-order valence-electron chi connectivity index (χ3n) is 3.62. The predicted octanol–water partition coefficient (Wildman–Crippen LogP) is 4.34. The Morgan fingerprint density at radius 3 is 2.71 bits per heavy atom. The summed E-state index contributed by atoms with van der Waals surface area (Å²) < 4.78 is 9.95. The molecule has 0 spiro atoms. The molecule has 3 heterocycles. The van der Waals surface area contributed by atoms with Crippen molar-refractivity contribution in [2.24, 2.45) is 0 Å². The van der Waals surface area contributed by atoms with Crippen LogP contribution in [0.25, 0.3) is 10.2 Å². The highest BCUT2D eigenvalue weighted by atomic mass is 35.5. The minimum Gasteiger partial charge on any atom is -0.465 e. The summed E-state index contributed by atoms with van der Waals surface area (Å²) in [4.78, 5) is 21.9. The van der Waals surface area contributed by atoms with Crippen molar-refractivity contribution in [1.82, 2.24) is 15.1 Å². The molecule has 6 nitrogen and oxygen atoms in total. The van der Waals surface area contributed by atoms with Gasteiger partial charge in [0.25, 0.3) is 0 Å². The number of hydrogen-bond donors (Lipinski definition) is 0. The van der Waals surface area contributed by atoms with Gasteiger partial charge in [0.1, 0.15) is 20.6 Å². The highest BCUT2D eigenvalue weighted by Gasteiger charge is 2.20. The summed E-state index contributed by atoms with van der Waals surface area (Å²) in [5.41, 5.74) is 2.62. The molecule has 0 saturated carbocycles. The molecule has 0 aliphatic rings. The second-order valence-corrected chi connectivity index (χ2v) is 7.42. The molecule has 0 radical (unpaired) electrons. The van der Waals surface area contributed by atoms with Gasteiger partial charge >= 0.3 is 5.97 Å². The highest BCUT2D eigenvalue weighted by Crippen LogP contribution is 2.36. The molecule has 0 unspecified atom stereocenters. The van der Waals surface area contributed by atoms with Crippen LogP contribution in [-0.4, -0.2) is 28.2 Å². The van der Waals surface area contributed by atoms with Gasteiger partial charge in [-0.25, -0.2) is 14.8 Å². The number of nitrogens with zero attached hydrogens (tertiary/aromatic N) is 3. The van der Waals surface area contributed by atoms with Crippen LogP contribution in [0.5, 0.6) is 0 Å². The largest absolute Gasteiger partial charge is 0.465 e. The molecule has 0 N–H and O–H groups in total. The number of methoxy groups -OCH3 is 1. The SMILES string of the molecule is COC(=O)c1sc2nc(SCc3c(C)noc3C)nc(Cl)c2c1C. The van der Waals surface area contributed by atoms with Gasteiger partial charge in [-0.05, 0) is 26.3 Å². The van der Waals surface area contributed by atoms with Crippen molar-refractivity contribution in [3.05, 3.63) is 32.6 Å². The number of halogens is 1. The van der Waals surface area contributed by atoms with Gasteiger partial charge < -0.3 is 9.26 Å². The average molecular weight is 384 g/mol. The van der Waals surface area contributed by atoms with E-state index in [1.807, 2.05) is 20.8 Å². The Bertz CT molecular complexity index is 916. The van der Waals surface area contributed by atoms with Crippen LogP contribution in [0.2, 0.25) is 5.15 Å². The first-order valence-corrected chi connectivity index (χ1v) is 9.19. The molecule has 3 aromatic heterocycles. The Hall–Kier alpha value is -1.64. The van der Waals surface area contributed by atoms with Crippen LogP contribution in [0.15, 0.2) is 9.68 Å². The molecule has 0 aromatic carbocycles. The van der Waals surface area contributed by atoms with E-state index < -0.39 is 5.97 Å². The maximum Gasteiger partial charge on any atom is 0.348 e. The molecule has 3 rings (SSSR count). The van der Waals surface area contributed by atoms with Gasteiger partial charge in [0.15, 0.2) is 5.16 Å². The molecule has 24 heavy (non-hydrogen) atoms. The first-order valence-electron chi connectivity index (χ1n) is 7.01. The average Bonchev–Trinajstić information content (AvgIpc) is 3.05. The number of aryl methyl sites for hydroxylation is 3. The van der Waals surface area contributed by atoms with E-state index in [1.165, 1.54) is 30.2 Å². The fourth-order valence-corrected chi connectivity index (χ4v) is 4.84. The quantitative estimate of drug-likeness (QED) is 0.287. The zero-order chi connectivity index (χ0) is 17.4. The molecular weight excluding hydrogens is 370 g/mol. The van der Waals surface area contributed by atoms with Gasteiger partial charge in [0, 0.05) is 11.3 Å². The topological polar surface area (TPSA) is 78.1 Å². The molecule has 0 fully saturated rings. The molecule has 0 amide bonds. The molecule has 0 aliphatic carbocycles. The zero-order valence-corrected chi connectivity index (χ0v) is 15.9. The maximum absolute atomic E-state index is 11.8. The number of hydrogen-bond acceptors (Lipinski definition) is 8. The van der Waals surface area contributed by atoms with Gasteiger partial charge in [-0.1, -0.05) is 28.5 Å². The molecule has 9 heteroatoms. The van der Waals surface area contributed by atoms with Gasteiger partial charge in [-0.15, -0.1) is 11.3 Å². The van der Waals surface area contributed by atoms with E-state index in [2.05, 4.69) is 15.1 Å². The number of fused-ring (bicyclic) bond motifs is 1. The number of esters is 1. The smallest absolute Gasteiger partial charge is 0.348 e. The Balaban J connectivity index is 1.94. The molecule has 0 atom stereocenters. The predicted molar refractivity (Wildman–Crippen MR) is 94.0 cm³/mol. The lowest BCUT2D eigenvalue weighted by atomic mass is 10.2. The summed E-state index contributed by atoms with van der Waals surface area (Å²) in [6.45, 7) is 5.59. The number of rotatable bonds is 4. The Morgan fingerprint density at radius 1 is 1.33 bits per heavy atom. The van der Waals surface area contributed by atoms with E-state index in [0.717, 1.165) is 22.6 Å². The van der Waals surface area contributed by atoms with Crippen LogP contribution in [0.4, 0.5) is 0 Å². The normalized spacial score (nSPS) is 11.2. The van der Waals surface area contributed by atoms with E-state index in [0.29, 0.717) is 31.2 Å². The van der Waals surface area contributed by atoms with Gasteiger partial charge in [0.05, 0.1) is 18.2 Å². The third-order valence-corrected chi connectivity index (χ3v) is 5.94. The first-order chi connectivity index (χ1) is 11.4. The minimum atomic E-state index is -0.392. The first kappa shape index (κ1) is 17.2. The van der Waals surface area contributed by atoms with Crippen LogP contribution in [-0.2, 0) is 10.5 Å². The second-order valence-electron chi connectivity index (χ2n) is 5.12. The van der Waals surface area contributed by atoms with Crippen molar-refractivity contribution >= 4 is 50.9 Å². The van der Waals surface area contributed by atoms with Crippen molar-refractivity contribution in [1.29, 1.82) is 0 Å². The monoisotopic (exact) mass is 383 g/mol. The second kappa shape index (κ2) is 6.70. The van der Waals surface area contributed by atoms with Crippen LogP contribution < -0.4 is 0 Å². The Labute approximate surface area is 151 Å². The summed E-state index contributed by atoms with van der Waals surface area (Å²) in [6.07, 6.45) is 0. The van der Waals surface area contributed by atoms with E-state index in [1.54, 1.807) is 0 Å². The summed E-state index contributed by atoms with van der Waals surface area (Å²) in [7, 11) is 1.35. The number of ether oxygens (including phenoxy) is 1. The lowest BCUT2D eigenvalue weighted by Gasteiger charge is -2.02. The van der Waals surface area contributed by atoms with E-state index in [9.17, 15) is 4.79 Å². The van der Waals surface area contributed by atoms with Crippen molar-refractivity contribution in [2.45, 2.75) is 31.7 Å². The summed E-state index contributed by atoms with van der Waals surface area (Å²) in [5, 5.41) is 5.52. The van der Waals surface area contributed by atoms with Gasteiger partial charge in [-0.2, -0.15) is 0 Å². The van der Waals surface area contributed by atoms with E-state index in [-0.39, 0.29) is 0 Å². The van der Waals surface area contributed by atoms with Gasteiger partial charge in [0.2, 0.25) is 0 Å². The lowest BCUT2D eigenvalue weighted by molar-refractivity contribution is 0.0605. The van der Waals surface area contributed by atoms with Crippen molar-refractivity contribution in [3.8, 4) is 0 Å². The molecule has 0 bridgehead atoms. The van der Waals surface area contributed by atoms with Crippen molar-refractivity contribution in [3.63, 3.8) is 0 Å². The van der Waals surface area contributed by atoms with Crippen LogP contribution in [0.1, 0.15) is 32.3 Å². The fourth-order valence-electron chi connectivity index (χ4n) is 2.27. The molecule has 126 valence electrons. The molecular formula is C15H14ClN3O3S2. The third kappa shape index (κ3) is 3.01. The lowest BCUT2D eigenvalue weighted by Crippen LogP contribution is -1.99. The maximum atomic E-state index is 11.8. The molecule has 0 saturated heterocycles. The summed E-state index contributed by atoms with van der Waals surface area (Å²) >= 11 is 9.02. The number of thiophene rings is 1. The number of aromatic nitrogens is 3. The molecule has 0 aliphatic heterocycles. The van der Waals surface area contributed by atoms with Crippen molar-refractivity contribution in [2.75, 3.05) is 7.11 Å². The number of carbonyl (C=O) groups excluding carboxylic acids is 1. The zero-order valence-electron chi connectivity index (χ0n) is 13.5. The van der Waals surface area contributed by atoms with Crippen LogP contribution >= 0.6 is 34.7 Å². The van der Waals surface area contributed by atoms with Crippen molar-refractivity contribution < 1.29 is 14.1 Å². The Kier molecular flexibility index (Phi) is 4.80. The van der Waals surface area contributed by atoms with Crippen LogP contribution in [0.3, 0.4) is 0 Å². The highest BCUT2D eigenvalue weighted by molar-refractivity contribution is 7.98. The number of thioether (sulfide) groups is 1. The van der Waals surface area contributed by atoms with Crippen LogP contribution in [0, 0.1) is 20.8 Å². The molecule has 3 aromatic rings. The summed E-state index contributed by atoms with van der Waals surface area (Å²) in [6, 6.07) is 0.